The summed E-state index contributed by atoms with van der Waals surface area (Å²) in [5.74, 6) is 0.887. The highest BCUT2D eigenvalue weighted by atomic mass is 14.9. The van der Waals surface area contributed by atoms with Crippen molar-refractivity contribution in [1.29, 1.82) is 0 Å². The Kier molecular flexibility index (Phi) is 4.51. The molecule has 1 nitrogen and oxygen atoms in total. The maximum atomic E-state index is 4.01. The molecule has 0 radical (unpaired) electrons. The van der Waals surface area contributed by atoms with Gasteiger partial charge in [-0.3, -0.25) is 0 Å². The van der Waals surface area contributed by atoms with E-state index in [0.717, 1.165) is 12.0 Å². The predicted molar refractivity (Wildman–Crippen MR) is 58.9 cm³/mol. The third-order valence-electron chi connectivity index (χ3n) is 3.08. The second kappa shape index (κ2) is 5.43. The molecule has 0 amide bonds. The van der Waals surface area contributed by atoms with Crippen LogP contribution in [-0.2, 0) is 0 Å². The first kappa shape index (κ1) is 10.8. The van der Waals surface area contributed by atoms with E-state index >= 15 is 0 Å². The molecule has 0 aromatic heterocycles. The quantitative estimate of drug-likeness (QED) is 0.521. The van der Waals surface area contributed by atoms with E-state index < -0.39 is 0 Å². The van der Waals surface area contributed by atoms with Crippen molar-refractivity contribution < 1.29 is 0 Å². The molecule has 2 unspecified atom stereocenters. The zero-order valence-corrected chi connectivity index (χ0v) is 9.10. The molecule has 13 heavy (non-hydrogen) atoms. The normalized spacial score (nSPS) is 29.7. The molecule has 1 saturated carbocycles. The van der Waals surface area contributed by atoms with Crippen LogP contribution in [0, 0.1) is 5.92 Å². The van der Waals surface area contributed by atoms with Crippen molar-refractivity contribution in [2.75, 3.05) is 7.05 Å². The van der Waals surface area contributed by atoms with Gasteiger partial charge in [0.15, 0.2) is 0 Å². The monoisotopic (exact) mass is 181 g/mol. The van der Waals surface area contributed by atoms with Crippen molar-refractivity contribution in [2.24, 2.45) is 5.92 Å². The summed E-state index contributed by atoms with van der Waals surface area (Å²) in [7, 11) is 2.09. The molecule has 0 aliphatic heterocycles. The molecule has 2 atom stereocenters. The molecule has 1 heteroatoms. The van der Waals surface area contributed by atoms with Gasteiger partial charge in [-0.25, -0.2) is 0 Å². The molecule has 0 aromatic rings. The van der Waals surface area contributed by atoms with E-state index in [1.807, 2.05) is 0 Å². The third kappa shape index (κ3) is 3.95. The fraction of sp³-hybridized carbons (Fsp3) is 0.833. The summed E-state index contributed by atoms with van der Waals surface area (Å²) < 4.78 is 0. The summed E-state index contributed by atoms with van der Waals surface area (Å²) >= 11 is 0. The zero-order chi connectivity index (χ0) is 9.68. The van der Waals surface area contributed by atoms with Crippen LogP contribution in [0.15, 0.2) is 12.2 Å². The highest BCUT2D eigenvalue weighted by Gasteiger charge is 2.18. The van der Waals surface area contributed by atoms with Crippen LogP contribution in [0.25, 0.3) is 0 Å². The second-order valence-corrected chi connectivity index (χ2v) is 4.53. The van der Waals surface area contributed by atoms with E-state index in [2.05, 4.69) is 25.9 Å². The lowest BCUT2D eigenvalue weighted by molar-refractivity contribution is 0.400. The summed E-state index contributed by atoms with van der Waals surface area (Å²) in [5.41, 5.74) is 1.35. The minimum atomic E-state index is 0.756. The van der Waals surface area contributed by atoms with E-state index in [1.165, 1.54) is 44.1 Å². The summed E-state index contributed by atoms with van der Waals surface area (Å²) in [5, 5.41) is 3.42. The molecular formula is C12H23N. The molecule has 1 aliphatic rings. The summed E-state index contributed by atoms with van der Waals surface area (Å²) in [6.45, 7) is 6.16. The first-order valence-corrected chi connectivity index (χ1v) is 5.54. The molecule has 1 aliphatic carbocycles. The van der Waals surface area contributed by atoms with Crippen molar-refractivity contribution in [3.8, 4) is 0 Å². The molecular weight excluding hydrogens is 158 g/mol. The highest BCUT2D eigenvalue weighted by Crippen LogP contribution is 2.27. The van der Waals surface area contributed by atoms with Gasteiger partial charge < -0.3 is 5.32 Å². The molecule has 0 heterocycles. The Morgan fingerprint density at radius 2 is 2.08 bits per heavy atom. The van der Waals surface area contributed by atoms with Gasteiger partial charge in [0, 0.05) is 6.04 Å². The van der Waals surface area contributed by atoms with E-state index in [1.54, 1.807) is 0 Å². The lowest BCUT2D eigenvalue weighted by Gasteiger charge is -2.19. The summed E-state index contributed by atoms with van der Waals surface area (Å²) in [6, 6.07) is 0.756. The SMILES string of the molecule is C=C(C)CC1CCCCC(NC)C1. The number of hydrogen-bond donors (Lipinski definition) is 1. The minimum Gasteiger partial charge on any atom is -0.317 e. The molecule has 0 bridgehead atoms. The van der Waals surface area contributed by atoms with Gasteiger partial charge in [-0.1, -0.05) is 24.8 Å². The Morgan fingerprint density at radius 1 is 1.38 bits per heavy atom. The Hall–Kier alpha value is -0.300. The Labute approximate surface area is 82.6 Å². The Bertz CT molecular complexity index is 163. The van der Waals surface area contributed by atoms with E-state index in [-0.39, 0.29) is 0 Å². The third-order valence-corrected chi connectivity index (χ3v) is 3.08. The van der Waals surface area contributed by atoms with Gasteiger partial charge in [0.05, 0.1) is 0 Å². The first-order chi connectivity index (χ1) is 6.22. The van der Waals surface area contributed by atoms with Gasteiger partial charge in [-0.05, 0) is 39.2 Å². The van der Waals surface area contributed by atoms with Crippen LogP contribution in [0.4, 0.5) is 0 Å². The molecule has 76 valence electrons. The maximum Gasteiger partial charge on any atom is 0.00668 e. The van der Waals surface area contributed by atoms with Crippen molar-refractivity contribution in [3.63, 3.8) is 0 Å². The lowest BCUT2D eigenvalue weighted by atomic mass is 9.92. The number of nitrogens with one attached hydrogen (secondary N) is 1. The second-order valence-electron chi connectivity index (χ2n) is 4.53. The zero-order valence-electron chi connectivity index (χ0n) is 9.10. The van der Waals surface area contributed by atoms with Crippen molar-refractivity contribution >= 4 is 0 Å². The molecule has 0 aromatic carbocycles. The van der Waals surface area contributed by atoms with Crippen LogP contribution in [0.2, 0.25) is 0 Å². The summed E-state index contributed by atoms with van der Waals surface area (Å²) in [4.78, 5) is 0. The van der Waals surface area contributed by atoms with Gasteiger partial charge in [-0.15, -0.1) is 6.58 Å². The Balaban J connectivity index is 2.39. The minimum absolute atomic E-state index is 0.756. The van der Waals surface area contributed by atoms with E-state index in [9.17, 15) is 0 Å². The first-order valence-electron chi connectivity index (χ1n) is 5.54. The fourth-order valence-corrected chi connectivity index (χ4v) is 2.40. The molecule has 1 N–H and O–H groups in total. The number of rotatable bonds is 3. The lowest BCUT2D eigenvalue weighted by Crippen LogP contribution is -2.26. The van der Waals surface area contributed by atoms with Crippen LogP contribution >= 0.6 is 0 Å². The van der Waals surface area contributed by atoms with Crippen LogP contribution in [0.3, 0.4) is 0 Å². The molecule has 0 saturated heterocycles. The fourth-order valence-electron chi connectivity index (χ4n) is 2.40. The van der Waals surface area contributed by atoms with E-state index in [0.29, 0.717) is 0 Å². The molecule has 1 fully saturated rings. The van der Waals surface area contributed by atoms with E-state index in [4.69, 9.17) is 0 Å². The van der Waals surface area contributed by atoms with Gasteiger partial charge in [0.25, 0.3) is 0 Å². The predicted octanol–water partition coefficient (Wildman–Crippen LogP) is 3.12. The van der Waals surface area contributed by atoms with Crippen molar-refractivity contribution in [1.82, 2.24) is 5.32 Å². The van der Waals surface area contributed by atoms with Gasteiger partial charge in [0.2, 0.25) is 0 Å². The van der Waals surface area contributed by atoms with Crippen LogP contribution in [0.1, 0.15) is 45.4 Å². The average molecular weight is 181 g/mol. The highest BCUT2D eigenvalue weighted by molar-refractivity contribution is 4.92. The van der Waals surface area contributed by atoms with Gasteiger partial charge >= 0.3 is 0 Å². The average Bonchev–Trinajstić information content (AvgIpc) is 2.28. The standard InChI is InChI=1S/C12H23N/c1-10(2)8-11-6-4-5-7-12(9-11)13-3/h11-13H,1,4-9H2,2-3H3. The van der Waals surface area contributed by atoms with Gasteiger partial charge in [0.1, 0.15) is 0 Å². The molecule has 0 spiro atoms. The molecule has 1 rings (SSSR count). The largest absolute Gasteiger partial charge is 0.317 e. The van der Waals surface area contributed by atoms with Crippen LogP contribution in [-0.4, -0.2) is 13.1 Å². The summed E-state index contributed by atoms with van der Waals surface area (Å²) in [6.07, 6.45) is 8.17. The number of allylic oxidation sites excluding steroid dienone is 1. The topological polar surface area (TPSA) is 12.0 Å². The van der Waals surface area contributed by atoms with Crippen molar-refractivity contribution in [2.45, 2.75) is 51.5 Å². The van der Waals surface area contributed by atoms with Gasteiger partial charge in [-0.2, -0.15) is 0 Å². The Morgan fingerprint density at radius 3 is 2.69 bits per heavy atom. The smallest absolute Gasteiger partial charge is 0.00668 e. The number of hydrogen-bond acceptors (Lipinski definition) is 1. The van der Waals surface area contributed by atoms with Crippen molar-refractivity contribution in [3.05, 3.63) is 12.2 Å². The van der Waals surface area contributed by atoms with Crippen LogP contribution < -0.4 is 5.32 Å². The maximum absolute atomic E-state index is 4.01. The van der Waals surface area contributed by atoms with Crippen LogP contribution in [0.5, 0.6) is 0 Å².